The molecule has 3 N–H and O–H groups in total. The van der Waals surface area contributed by atoms with E-state index in [-0.39, 0.29) is 12.6 Å². The first-order chi connectivity index (χ1) is 9.66. The molecule has 1 aromatic heterocycles. The molecule has 1 aromatic carbocycles. The second kappa shape index (κ2) is 6.68. The molecule has 0 aliphatic carbocycles. The largest absolute Gasteiger partial charge is 0.387 e. The summed E-state index contributed by atoms with van der Waals surface area (Å²) in [4.78, 5) is 15.5. The van der Waals surface area contributed by atoms with E-state index in [9.17, 15) is 9.90 Å². The maximum Gasteiger partial charge on any atom is 0.319 e. The third kappa shape index (κ3) is 3.80. The van der Waals surface area contributed by atoms with Crippen LogP contribution in [0.4, 0.5) is 10.5 Å². The molecule has 0 radical (unpaired) electrons. The van der Waals surface area contributed by atoms with Gasteiger partial charge in [-0.05, 0) is 30.2 Å². The van der Waals surface area contributed by atoms with E-state index in [0.29, 0.717) is 5.69 Å². The number of nitrogens with one attached hydrogen (secondary N) is 2. The summed E-state index contributed by atoms with van der Waals surface area (Å²) in [7, 11) is 0. The van der Waals surface area contributed by atoms with Gasteiger partial charge in [0.05, 0.1) is 6.10 Å². The number of anilines is 1. The van der Waals surface area contributed by atoms with Gasteiger partial charge in [-0.15, -0.1) is 0 Å². The molecule has 1 unspecified atom stereocenters. The minimum absolute atomic E-state index is 0.155. The summed E-state index contributed by atoms with van der Waals surface area (Å²) in [5.41, 5.74) is 2.47. The monoisotopic (exact) mass is 271 g/mol. The molecule has 5 nitrogen and oxygen atoms in total. The van der Waals surface area contributed by atoms with E-state index in [2.05, 4.69) is 15.6 Å². The summed E-state index contributed by atoms with van der Waals surface area (Å²) >= 11 is 0. The van der Waals surface area contributed by atoms with Crippen molar-refractivity contribution < 1.29 is 9.90 Å². The Labute approximate surface area is 117 Å². The molecule has 1 heterocycles. The highest BCUT2D eigenvalue weighted by molar-refractivity contribution is 5.89. The van der Waals surface area contributed by atoms with Gasteiger partial charge in [0.1, 0.15) is 0 Å². The SMILES string of the molecule is Cc1ccccc1C(O)CNC(=O)Nc1ccncc1. The van der Waals surface area contributed by atoms with E-state index in [1.54, 1.807) is 24.5 Å². The zero-order chi connectivity index (χ0) is 14.4. The van der Waals surface area contributed by atoms with E-state index in [0.717, 1.165) is 11.1 Å². The van der Waals surface area contributed by atoms with Gasteiger partial charge in [0.15, 0.2) is 0 Å². The molecule has 2 aromatic rings. The third-order valence-electron chi connectivity index (χ3n) is 2.94. The van der Waals surface area contributed by atoms with Crippen molar-refractivity contribution in [2.45, 2.75) is 13.0 Å². The molecule has 5 heteroatoms. The number of hydrogen-bond donors (Lipinski definition) is 3. The maximum absolute atomic E-state index is 11.7. The van der Waals surface area contributed by atoms with Crippen molar-refractivity contribution in [1.82, 2.24) is 10.3 Å². The average molecular weight is 271 g/mol. The Kier molecular flexibility index (Phi) is 4.68. The smallest absolute Gasteiger partial charge is 0.319 e. The predicted octanol–water partition coefficient (Wildman–Crippen LogP) is 2.25. The van der Waals surface area contributed by atoms with Crippen molar-refractivity contribution in [2.24, 2.45) is 0 Å². The highest BCUT2D eigenvalue weighted by atomic mass is 16.3. The van der Waals surface area contributed by atoms with Gasteiger partial charge in [0, 0.05) is 24.6 Å². The van der Waals surface area contributed by atoms with Gasteiger partial charge in [-0.3, -0.25) is 4.98 Å². The molecule has 0 bridgehead atoms. The molecular formula is C15H17N3O2. The van der Waals surface area contributed by atoms with Gasteiger partial charge >= 0.3 is 6.03 Å². The van der Waals surface area contributed by atoms with E-state index >= 15 is 0 Å². The Balaban J connectivity index is 1.86. The summed E-state index contributed by atoms with van der Waals surface area (Å²) < 4.78 is 0. The number of benzene rings is 1. The number of urea groups is 1. The number of hydrogen-bond acceptors (Lipinski definition) is 3. The fourth-order valence-electron chi connectivity index (χ4n) is 1.87. The molecule has 1 atom stereocenters. The normalized spacial score (nSPS) is 11.7. The molecule has 104 valence electrons. The first kappa shape index (κ1) is 14.0. The number of aromatic nitrogens is 1. The highest BCUT2D eigenvalue weighted by Crippen LogP contribution is 2.16. The van der Waals surface area contributed by atoms with Gasteiger partial charge in [-0.25, -0.2) is 4.79 Å². The lowest BCUT2D eigenvalue weighted by Gasteiger charge is -2.14. The van der Waals surface area contributed by atoms with Crippen LogP contribution in [0.5, 0.6) is 0 Å². The van der Waals surface area contributed by atoms with Gasteiger partial charge in [-0.1, -0.05) is 24.3 Å². The number of carbonyl (C=O) groups excluding carboxylic acids is 1. The van der Waals surface area contributed by atoms with Gasteiger partial charge in [-0.2, -0.15) is 0 Å². The lowest BCUT2D eigenvalue weighted by atomic mass is 10.0. The standard InChI is InChI=1S/C15H17N3O2/c1-11-4-2-3-5-13(11)14(19)10-17-15(20)18-12-6-8-16-9-7-12/h2-9,14,19H,10H2,1H3,(H2,16,17,18,20). The molecule has 0 spiro atoms. The zero-order valence-electron chi connectivity index (χ0n) is 11.2. The van der Waals surface area contributed by atoms with Gasteiger partial charge < -0.3 is 15.7 Å². The maximum atomic E-state index is 11.7. The lowest BCUT2D eigenvalue weighted by molar-refractivity contribution is 0.174. The Morgan fingerprint density at radius 1 is 1.25 bits per heavy atom. The molecule has 0 aliphatic heterocycles. The van der Waals surface area contributed by atoms with Crippen molar-refractivity contribution in [3.8, 4) is 0 Å². The average Bonchev–Trinajstić information content (AvgIpc) is 2.46. The van der Waals surface area contributed by atoms with Crippen molar-refractivity contribution in [2.75, 3.05) is 11.9 Å². The first-order valence-corrected chi connectivity index (χ1v) is 6.35. The highest BCUT2D eigenvalue weighted by Gasteiger charge is 2.11. The van der Waals surface area contributed by atoms with E-state index in [1.165, 1.54) is 0 Å². The van der Waals surface area contributed by atoms with Gasteiger partial charge in [0.2, 0.25) is 0 Å². The summed E-state index contributed by atoms with van der Waals surface area (Å²) in [6, 6.07) is 10.6. The number of rotatable bonds is 4. The van der Waals surface area contributed by atoms with Crippen molar-refractivity contribution in [1.29, 1.82) is 0 Å². The number of aliphatic hydroxyl groups is 1. The number of nitrogens with zero attached hydrogens (tertiary/aromatic N) is 1. The third-order valence-corrected chi connectivity index (χ3v) is 2.94. The molecule has 0 saturated carbocycles. The molecule has 0 aliphatic rings. The topological polar surface area (TPSA) is 74.2 Å². The molecule has 2 rings (SSSR count). The van der Waals surface area contributed by atoms with Crippen LogP contribution >= 0.6 is 0 Å². The van der Waals surface area contributed by atoms with Crippen LogP contribution in [0.15, 0.2) is 48.8 Å². The van der Waals surface area contributed by atoms with Crippen LogP contribution in [0.3, 0.4) is 0 Å². The van der Waals surface area contributed by atoms with Crippen molar-refractivity contribution >= 4 is 11.7 Å². The Morgan fingerprint density at radius 2 is 1.95 bits per heavy atom. The molecule has 2 amide bonds. The number of aliphatic hydroxyl groups excluding tert-OH is 1. The fraction of sp³-hybridized carbons (Fsp3) is 0.200. The van der Waals surface area contributed by atoms with Crippen LogP contribution < -0.4 is 10.6 Å². The van der Waals surface area contributed by atoms with Crippen molar-refractivity contribution in [3.05, 3.63) is 59.9 Å². The van der Waals surface area contributed by atoms with E-state index < -0.39 is 6.10 Å². The van der Waals surface area contributed by atoms with Crippen LogP contribution in [-0.4, -0.2) is 22.7 Å². The lowest BCUT2D eigenvalue weighted by Crippen LogP contribution is -2.32. The quantitative estimate of drug-likeness (QED) is 0.798. The second-order valence-corrected chi connectivity index (χ2v) is 4.44. The summed E-state index contributed by atoms with van der Waals surface area (Å²) in [6.07, 6.45) is 2.47. The second-order valence-electron chi connectivity index (χ2n) is 4.44. The van der Waals surface area contributed by atoms with Crippen molar-refractivity contribution in [3.63, 3.8) is 0 Å². The Bertz CT molecular complexity index is 572. The van der Waals surface area contributed by atoms with Gasteiger partial charge in [0.25, 0.3) is 0 Å². The fourth-order valence-corrected chi connectivity index (χ4v) is 1.87. The Morgan fingerprint density at radius 3 is 2.65 bits per heavy atom. The number of aryl methyl sites for hydroxylation is 1. The zero-order valence-corrected chi connectivity index (χ0v) is 11.2. The summed E-state index contributed by atoms with van der Waals surface area (Å²) in [5, 5.41) is 15.4. The van der Waals surface area contributed by atoms with Crippen LogP contribution in [-0.2, 0) is 0 Å². The van der Waals surface area contributed by atoms with Crippen LogP contribution in [0.25, 0.3) is 0 Å². The van der Waals surface area contributed by atoms with Crippen LogP contribution in [0.1, 0.15) is 17.2 Å². The molecular weight excluding hydrogens is 254 g/mol. The van der Waals surface area contributed by atoms with E-state index in [4.69, 9.17) is 0 Å². The minimum Gasteiger partial charge on any atom is -0.387 e. The predicted molar refractivity (Wildman–Crippen MR) is 77.4 cm³/mol. The van der Waals surface area contributed by atoms with E-state index in [1.807, 2.05) is 31.2 Å². The first-order valence-electron chi connectivity index (χ1n) is 6.35. The summed E-state index contributed by atoms with van der Waals surface area (Å²) in [6.45, 7) is 2.08. The molecule has 0 saturated heterocycles. The van der Waals surface area contributed by atoms with Crippen LogP contribution in [0, 0.1) is 6.92 Å². The minimum atomic E-state index is -0.723. The molecule has 20 heavy (non-hydrogen) atoms. The number of carbonyl (C=O) groups is 1. The Hall–Kier alpha value is -2.40. The number of pyridine rings is 1. The molecule has 0 fully saturated rings. The summed E-state index contributed by atoms with van der Waals surface area (Å²) in [5.74, 6) is 0. The van der Waals surface area contributed by atoms with Crippen LogP contribution in [0.2, 0.25) is 0 Å². The number of amides is 2.